The maximum atomic E-state index is 12.4. The molecule has 1 atom stereocenters. The zero-order valence-electron chi connectivity index (χ0n) is 13.6. The summed E-state index contributed by atoms with van der Waals surface area (Å²) in [5, 5.41) is 26.7. The van der Waals surface area contributed by atoms with E-state index >= 15 is 0 Å². The predicted molar refractivity (Wildman–Crippen MR) is 102 cm³/mol. The van der Waals surface area contributed by atoms with Crippen molar-refractivity contribution in [3.8, 4) is 6.07 Å². The van der Waals surface area contributed by atoms with Crippen molar-refractivity contribution in [1.29, 1.82) is 5.26 Å². The number of nitrogens with zero attached hydrogens (tertiary/aromatic N) is 5. The summed E-state index contributed by atoms with van der Waals surface area (Å²) in [4.78, 5) is 16.6. The quantitative estimate of drug-likeness (QED) is 0.294. The lowest BCUT2D eigenvalue weighted by Gasteiger charge is -2.17. The number of rotatable bonds is 3. The van der Waals surface area contributed by atoms with Crippen LogP contribution in [0.1, 0.15) is 5.56 Å². The summed E-state index contributed by atoms with van der Waals surface area (Å²) in [5.41, 5.74) is 9.59. The maximum Gasteiger partial charge on any atom is 0.273 e. The topological polar surface area (TPSA) is 160 Å². The van der Waals surface area contributed by atoms with Crippen LogP contribution in [0.25, 0.3) is 5.57 Å². The van der Waals surface area contributed by atoms with Gasteiger partial charge in [-0.2, -0.15) is 10.4 Å². The van der Waals surface area contributed by atoms with E-state index in [9.17, 15) is 4.79 Å². The number of hydrogen-bond acceptors (Lipinski definition) is 7. The number of aromatic nitrogens is 2. The number of amidine groups is 2. The Morgan fingerprint density at radius 2 is 2.07 bits per heavy atom. The number of nitrogens with one attached hydrogen (secondary N) is 3. The van der Waals surface area contributed by atoms with Crippen molar-refractivity contribution < 1.29 is 0 Å². The Balaban J connectivity index is 1.95. The molecule has 0 radical (unpaired) electrons. The van der Waals surface area contributed by atoms with Gasteiger partial charge in [0.15, 0.2) is 22.9 Å². The first-order valence-electron chi connectivity index (χ1n) is 7.74. The van der Waals surface area contributed by atoms with E-state index < -0.39 is 5.92 Å². The molecule has 2 aliphatic heterocycles. The van der Waals surface area contributed by atoms with Crippen LogP contribution in [0.4, 0.5) is 0 Å². The van der Waals surface area contributed by atoms with Crippen molar-refractivity contribution in [2.45, 2.75) is 0 Å². The molecular weight excluding hydrogens is 366 g/mol. The van der Waals surface area contributed by atoms with Crippen LogP contribution < -0.4 is 27.4 Å². The normalized spacial score (nSPS) is 19.4. The average molecular weight is 377 g/mol. The lowest BCUT2D eigenvalue weighted by Crippen LogP contribution is -2.44. The van der Waals surface area contributed by atoms with Crippen LogP contribution in [0.5, 0.6) is 0 Å². The number of hydrogen-bond donors (Lipinski definition) is 4. The monoisotopic (exact) mass is 377 g/mol. The summed E-state index contributed by atoms with van der Waals surface area (Å²) < 4.78 is 0. The van der Waals surface area contributed by atoms with Gasteiger partial charge in [0.05, 0.1) is 5.22 Å². The van der Waals surface area contributed by atoms with Crippen LogP contribution in [0.15, 0.2) is 55.4 Å². The van der Waals surface area contributed by atoms with Crippen molar-refractivity contribution in [3.63, 3.8) is 0 Å². The first kappa shape index (κ1) is 16.6. The number of nitrogens with two attached hydrogens (primary N) is 1. The second-order valence-corrected chi connectivity index (χ2v) is 6.06. The summed E-state index contributed by atoms with van der Waals surface area (Å²) >= 11 is 4.76. The zero-order chi connectivity index (χ0) is 19.0. The van der Waals surface area contributed by atoms with Gasteiger partial charge in [0.25, 0.3) is 5.56 Å². The highest BCUT2D eigenvalue weighted by Crippen LogP contribution is 2.26. The van der Waals surface area contributed by atoms with E-state index in [-0.39, 0.29) is 16.3 Å². The number of hydrazone groups is 1. The van der Waals surface area contributed by atoms with Crippen molar-refractivity contribution in [1.82, 2.24) is 15.6 Å². The minimum Gasteiger partial charge on any atom is -0.387 e. The summed E-state index contributed by atoms with van der Waals surface area (Å²) in [6, 6.07) is 11.1. The molecule has 1 aromatic carbocycles. The summed E-state index contributed by atoms with van der Waals surface area (Å²) in [7, 11) is 0. The van der Waals surface area contributed by atoms with Crippen LogP contribution in [0.2, 0.25) is 0 Å². The molecule has 1 unspecified atom stereocenters. The number of nitriles is 1. The van der Waals surface area contributed by atoms with Gasteiger partial charge in [-0.05, 0) is 11.1 Å². The van der Waals surface area contributed by atoms with Gasteiger partial charge in [0.2, 0.25) is 0 Å². The van der Waals surface area contributed by atoms with Gasteiger partial charge in [-0.15, -0.1) is 10.2 Å². The van der Waals surface area contributed by atoms with E-state index in [1.807, 2.05) is 30.3 Å². The second-order valence-electron chi connectivity index (χ2n) is 5.62. The molecule has 27 heavy (non-hydrogen) atoms. The van der Waals surface area contributed by atoms with E-state index in [2.05, 4.69) is 35.9 Å². The Labute approximate surface area is 156 Å². The molecule has 0 aliphatic carbocycles. The molecule has 3 heterocycles. The molecule has 10 nitrogen and oxygen atoms in total. The van der Waals surface area contributed by atoms with E-state index in [0.29, 0.717) is 28.0 Å². The van der Waals surface area contributed by atoms with E-state index in [1.54, 1.807) is 6.07 Å². The van der Waals surface area contributed by atoms with Crippen LogP contribution in [-0.2, 0) is 0 Å². The number of H-pyrrole nitrogens is 2. The molecule has 0 amide bonds. The number of thiocarbonyl (C=S) groups is 1. The molecule has 5 N–H and O–H groups in total. The third kappa shape index (κ3) is 2.74. The molecule has 0 saturated heterocycles. The smallest absolute Gasteiger partial charge is 0.273 e. The molecule has 0 bridgehead atoms. The van der Waals surface area contributed by atoms with Crippen molar-refractivity contribution in [2.75, 3.05) is 0 Å². The highest BCUT2D eigenvalue weighted by Gasteiger charge is 2.36. The van der Waals surface area contributed by atoms with Gasteiger partial charge in [0.1, 0.15) is 17.0 Å². The standard InChI is InChI=1S/C16H11N9OS/c17-6-8(12(18)27)20-23-15-10-9(7-4-2-1-3-5-7)11-14(22-25-16(11)26)19-13(10)21-24-15/h1-5,10H,(H2,18,27)(H,23,24)(H,25,26)(H,19,21,22)/b20-8+. The van der Waals surface area contributed by atoms with Gasteiger partial charge < -0.3 is 5.73 Å². The molecule has 0 fully saturated rings. The molecular formula is C16H11N9OS. The van der Waals surface area contributed by atoms with E-state index in [4.69, 9.17) is 23.2 Å². The fraction of sp³-hybridized carbons (Fsp3) is 0.0625. The molecule has 0 saturated carbocycles. The summed E-state index contributed by atoms with van der Waals surface area (Å²) in [6.45, 7) is 0. The SMILES string of the molecule is N#C/C(=N\N=C1/NN=C2N=c3[nH][nH]c(=O)c3=C(c3ccccc3)C21)C(N)=S. The van der Waals surface area contributed by atoms with Gasteiger partial charge in [-0.3, -0.25) is 20.4 Å². The fourth-order valence-electron chi connectivity index (χ4n) is 2.90. The first-order valence-corrected chi connectivity index (χ1v) is 8.15. The maximum absolute atomic E-state index is 12.4. The molecule has 2 aromatic rings. The second kappa shape index (κ2) is 6.43. The van der Waals surface area contributed by atoms with Crippen molar-refractivity contribution >= 4 is 40.2 Å². The lowest BCUT2D eigenvalue weighted by molar-refractivity contribution is 0.998. The molecule has 1 aromatic heterocycles. The van der Waals surface area contributed by atoms with Gasteiger partial charge in [-0.25, -0.2) is 4.99 Å². The van der Waals surface area contributed by atoms with Crippen LogP contribution in [0.3, 0.4) is 0 Å². The van der Waals surface area contributed by atoms with Crippen LogP contribution >= 0.6 is 12.2 Å². The highest BCUT2D eigenvalue weighted by molar-refractivity contribution is 7.82. The van der Waals surface area contributed by atoms with Gasteiger partial charge in [-0.1, -0.05) is 42.5 Å². The zero-order valence-corrected chi connectivity index (χ0v) is 14.4. The Kier molecular flexibility index (Phi) is 3.94. The minimum absolute atomic E-state index is 0.161. The molecule has 132 valence electrons. The Morgan fingerprint density at radius 3 is 2.78 bits per heavy atom. The predicted octanol–water partition coefficient (Wildman–Crippen LogP) is -1.37. The van der Waals surface area contributed by atoms with Crippen LogP contribution in [0, 0.1) is 17.2 Å². The largest absolute Gasteiger partial charge is 0.387 e. The summed E-state index contributed by atoms with van der Waals surface area (Å²) in [5.74, 6) is 0.175. The third-order valence-electron chi connectivity index (χ3n) is 4.04. The van der Waals surface area contributed by atoms with E-state index in [0.717, 1.165) is 5.56 Å². The average Bonchev–Trinajstić information content (AvgIpc) is 3.25. The summed E-state index contributed by atoms with van der Waals surface area (Å²) in [6.07, 6.45) is 0. The Morgan fingerprint density at radius 1 is 1.30 bits per heavy atom. The van der Waals surface area contributed by atoms with Crippen LogP contribution in [-0.4, -0.2) is 32.6 Å². The third-order valence-corrected chi connectivity index (χ3v) is 4.23. The molecule has 0 spiro atoms. The van der Waals surface area contributed by atoms with Crippen molar-refractivity contribution in [3.05, 3.63) is 57.0 Å². The Bertz CT molecular complexity index is 1260. The number of aromatic amines is 2. The lowest BCUT2D eigenvalue weighted by atomic mass is 9.88. The number of fused-ring (bicyclic) bond motifs is 2. The first-order chi connectivity index (χ1) is 13.1. The van der Waals surface area contributed by atoms with Gasteiger partial charge >= 0.3 is 0 Å². The van der Waals surface area contributed by atoms with Gasteiger partial charge in [0, 0.05) is 0 Å². The minimum atomic E-state index is -0.549. The van der Waals surface area contributed by atoms with E-state index in [1.165, 1.54) is 0 Å². The highest BCUT2D eigenvalue weighted by atomic mass is 32.1. The Hall–Kier alpha value is -3.91. The number of benzene rings is 1. The molecule has 11 heteroatoms. The molecule has 2 aliphatic rings. The van der Waals surface area contributed by atoms with Crippen molar-refractivity contribution in [2.24, 2.45) is 31.9 Å². The molecule has 4 rings (SSSR count). The fourth-order valence-corrected chi connectivity index (χ4v) is 2.99.